The molecule has 0 saturated carbocycles. The molecule has 0 heterocycles. The molecule has 0 saturated heterocycles. The van der Waals surface area contributed by atoms with E-state index >= 15 is 0 Å². The van der Waals surface area contributed by atoms with Crippen molar-refractivity contribution in [2.24, 2.45) is 0 Å². The largest absolute Gasteiger partial charge is 0.399 e. The molecule has 0 atom stereocenters. The molecule has 0 radical (unpaired) electrons. The molecule has 4 nitrogen and oxygen atoms in total. The zero-order valence-corrected chi connectivity index (χ0v) is 12.0. The third-order valence-corrected chi connectivity index (χ3v) is 2.27. The fourth-order valence-corrected chi connectivity index (χ4v) is 1.67. The lowest BCUT2D eigenvalue weighted by Crippen LogP contribution is -2.38. The van der Waals surface area contributed by atoms with Crippen LogP contribution < -0.4 is 11.1 Å². The summed E-state index contributed by atoms with van der Waals surface area (Å²) in [5, 5.41) is 2.87. The van der Waals surface area contributed by atoms with Crippen LogP contribution in [0, 0.1) is 0 Å². The van der Waals surface area contributed by atoms with Gasteiger partial charge in [0.15, 0.2) is 0 Å². The average Bonchev–Trinajstić information content (AvgIpc) is 2.14. The monoisotopic (exact) mass is 271 g/mol. The highest BCUT2D eigenvalue weighted by Gasteiger charge is 2.07. The summed E-state index contributed by atoms with van der Waals surface area (Å²) < 4.78 is 0. The number of nitrogens with two attached hydrogens (primary N) is 1. The van der Waals surface area contributed by atoms with E-state index in [9.17, 15) is 4.79 Å². The Morgan fingerprint density at radius 3 is 2.67 bits per heavy atom. The minimum Gasteiger partial charge on any atom is -0.399 e. The summed E-state index contributed by atoms with van der Waals surface area (Å²) in [4.78, 5) is 13.5. The van der Waals surface area contributed by atoms with Gasteiger partial charge in [0.1, 0.15) is 0 Å². The SMILES string of the molecule is CC(C)NC(=O)CN(C)Cc1cccc(N)c1.Cl. The molecule has 0 aliphatic rings. The summed E-state index contributed by atoms with van der Waals surface area (Å²) in [5.41, 5.74) is 7.57. The van der Waals surface area contributed by atoms with Gasteiger partial charge in [-0.05, 0) is 38.6 Å². The Balaban J connectivity index is 0.00000289. The van der Waals surface area contributed by atoms with E-state index in [2.05, 4.69) is 5.32 Å². The summed E-state index contributed by atoms with van der Waals surface area (Å²) in [7, 11) is 1.92. The van der Waals surface area contributed by atoms with Crippen molar-refractivity contribution in [3.05, 3.63) is 29.8 Å². The van der Waals surface area contributed by atoms with Crippen molar-refractivity contribution in [2.75, 3.05) is 19.3 Å². The molecule has 1 aromatic rings. The van der Waals surface area contributed by atoms with E-state index in [1.165, 1.54) is 0 Å². The smallest absolute Gasteiger partial charge is 0.234 e. The number of hydrogen-bond acceptors (Lipinski definition) is 3. The Morgan fingerprint density at radius 2 is 2.11 bits per heavy atom. The lowest BCUT2D eigenvalue weighted by molar-refractivity contribution is -0.122. The second-order valence-corrected chi connectivity index (χ2v) is 4.64. The van der Waals surface area contributed by atoms with E-state index < -0.39 is 0 Å². The molecule has 0 aliphatic heterocycles. The van der Waals surface area contributed by atoms with E-state index in [0.29, 0.717) is 6.54 Å². The molecule has 102 valence electrons. The van der Waals surface area contributed by atoms with Crippen LogP contribution in [0.25, 0.3) is 0 Å². The van der Waals surface area contributed by atoms with E-state index in [1.54, 1.807) is 0 Å². The third-order valence-electron chi connectivity index (χ3n) is 2.27. The van der Waals surface area contributed by atoms with Gasteiger partial charge in [-0.25, -0.2) is 0 Å². The topological polar surface area (TPSA) is 58.4 Å². The van der Waals surface area contributed by atoms with E-state index in [1.807, 2.05) is 50.1 Å². The highest BCUT2D eigenvalue weighted by atomic mass is 35.5. The van der Waals surface area contributed by atoms with Gasteiger partial charge < -0.3 is 11.1 Å². The van der Waals surface area contributed by atoms with Crippen LogP contribution in [-0.2, 0) is 11.3 Å². The van der Waals surface area contributed by atoms with Gasteiger partial charge in [0, 0.05) is 18.3 Å². The maximum absolute atomic E-state index is 11.5. The number of anilines is 1. The van der Waals surface area contributed by atoms with Crippen LogP contribution in [0.3, 0.4) is 0 Å². The Bertz CT molecular complexity index is 382. The zero-order chi connectivity index (χ0) is 12.8. The molecule has 0 aliphatic carbocycles. The first kappa shape index (κ1) is 16.7. The maximum Gasteiger partial charge on any atom is 0.234 e. The van der Waals surface area contributed by atoms with Gasteiger partial charge in [0.05, 0.1) is 6.54 Å². The van der Waals surface area contributed by atoms with Crippen LogP contribution >= 0.6 is 12.4 Å². The Kier molecular flexibility index (Phi) is 7.39. The first-order valence-corrected chi connectivity index (χ1v) is 5.79. The number of nitrogens with zero attached hydrogens (tertiary/aromatic N) is 1. The second-order valence-electron chi connectivity index (χ2n) is 4.64. The van der Waals surface area contributed by atoms with E-state index in [0.717, 1.165) is 17.8 Å². The number of likely N-dealkylation sites (N-methyl/N-ethyl adjacent to an activating group) is 1. The number of carbonyl (C=O) groups is 1. The molecular weight excluding hydrogens is 250 g/mol. The van der Waals surface area contributed by atoms with Crippen LogP contribution in [0.2, 0.25) is 0 Å². The van der Waals surface area contributed by atoms with Crippen molar-refractivity contribution in [1.29, 1.82) is 0 Å². The first-order chi connectivity index (χ1) is 7.97. The third kappa shape index (κ3) is 6.47. The van der Waals surface area contributed by atoms with Gasteiger partial charge >= 0.3 is 0 Å². The number of nitrogens with one attached hydrogen (secondary N) is 1. The number of carbonyl (C=O) groups excluding carboxylic acids is 1. The fourth-order valence-electron chi connectivity index (χ4n) is 1.67. The highest BCUT2D eigenvalue weighted by Crippen LogP contribution is 2.08. The van der Waals surface area contributed by atoms with E-state index in [-0.39, 0.29) is 24.4 Å². The summed E-state index contributed by atoms with van der Waals surface area (Å²) >= 11 is 0. The molecule has 0 fully saturated rings. The summed E-state index contributed by atoms with van der Waals surface area (Å²) in [6.45, 7) is 5.02. The standard InChI is InChI=1S/C13H21N3O.ClH/c1-10(2)15-13(17)9-16(3)8-11-5-4-6-12(14)7-11;/h4-7,10H,8-9,14H2,1-3H3,(H,15,17);1H. The summed E-state index contributed by atoms with van der Waals surface area (Å²) in [6, 6.07) is 7.90. The molecule has 0 bridgehead atoms. The van der Waals surface area contributed by atoms with Crippen LogP contribution in [0.15, 0.2) is 24.3 Å². The number of benzene rings is 1. The molecule has 1 aromatic carbocycles. The van der Waals surface area contributed by atoms with Gasteiger partial charge in [-0.15, -0.1) is 12.4 Å². The normalized spacial score (nSPS) is 10.3. The molecule has 1 amide bonds. The summed E-state index contributed by atoms with van der Waals surface area (Å²) in [6.07, 6.45) is 0. The molecule has 3 N–H and O–H groups in total. The molecule has 0 aromatic heterocycles. The Morgan fingerprint density at radius 1 is 1.44 bits per heavy atom. The van der Waals surface area contributed by atoms with E-state index in [4.69, 9.17) is 5.73 Å². The molecule has 5 heteroatoms. The van der Waals surface area contributed by atoms with Crippen LogP contribution in [0.1, 0.15) is 19.4 Å². The van der Waals surface area contributed by atoms with Crippen molar-refractivity contribution < 1.29 is 4.79 Å². The number of hydrogen-bond donors (Lipinski definition) is 2. The van der Waals surface area contributed by atoms with Crippen molar-refractivity contribution in [3.63, 3.8) is 0 Å². The number of nitrogen functional groups attached to an aromatic ring is 1. The maximum atomic E-state index is 11.5. The minimum atomic E-state index is 0. The van der Waals surface area contributed by atoms with Gasteiger partial charge in [-0.2, -0.15) is 0 Å². The second kappa shape index (κ2) is 7.95. The molecule has 1 rings (SSSR count). The quantitative estimate of drug-likeness (QED) is 0.801. The minimum absolute atomic E-state index is 0. The van der Waals surface area contributed by atoms with Gasteiger partial charge in [-0.1, -0.05) is 12.1 Å². The van der Waals surface area contributed by atoms with Crippen LogP contribution in [-0.4, -0.2) is 30.4 Å². The van der Waals surface area contributed by atoms with Crippen molar-refractivity contribution in [3.8, 4) is 0 Å². The molecule has 0 spiro atoms. The lowest BCUT2D eigenvalue weighted by atomic mass is 10.2. The first-order valence-electron chi connectivity index (χ1n) is 5.79. The molecule has 0 unspecified atom stereocenters. The predicted molar refractivity (Wildman–Crippen MR) is 77.7 cm³/mol. The predicted octanol–water partition coefficient (Wildman–Crippen LogP) is 1.65. The summed E-state index contributed by atoms with van der Waals surface area (Å²) in [5.74, 6) is 0.0476. The molecular formula is C13H22ClN3O. The Hall–Kier alpha value is -1.26. The lowest BCUT2D eigenvalue weighted by Gasteiger charge is -2.17. The van der Waals surface area contributed by atoms with Gasteiger partial charge in [0.2, 0.25) is 5.91 Å². The number of rotatable bonds is 5. The van der Waals surface area contributed by atoms with Gasteiger partial charge in [-0.3, -0.25) is 9.69 Å². The van der Waals surface area contributed by atoms with Crippen molar-refractivity contribution in [1.82, 2.24) is 10.2 Å². The molecule has 18 heavy (non-hydrogen) atoms. The average molecular weight is 272 g/mol. The number of amides is 1. The van der Waals surface area contributed by atoms with Gasteiger partial charge in [0.25, 0.3) is 0 Å². The fraction of sp³-hybridized carbons (Fsp3) is 0.462. The highest BCUT2D eigenvalue weighted by molar-refractivity contribution is 5.85. The van der Waals surface area contributed by atoms with Crippen LogP contribution in [0.4, 0.5) is 5.69 Å². The van der Waals surface area contributed by atoms with Crippen molar-refractivity contribution in [2.45, 2.75) is 26.4 Å². The Labute approximate surface area is 115 Å². The van der Waals surface area contributed by atoms with Crippen molar-refractivity contribution >= 4 is 24.0 Å². The zero-order valence-electron chi connectivity index (χ0n) is 11.1. The number of halogens is 1. The van der Waals surface area contributed by atoms with Crippen LogP contribution in [0.5, 0.6) is 0 Å².